The zero-order valence-corrected chi connectivity index (χ0v) is 18.0. The van der Waals surface area contributed by atoms with Crippen molar-refractivity contribution in [2.24, 2.45) is 5.92 Å². The molecule has 154 valence electrons. The van der Waals surface area contributed by atoms with Gasteiger partial charge in [-0.1, -0.05) is 36.7 Å². The number of rotatable bonds is 3. The molecule has 0 bridgehead atoms. The lowest BCUT2D eigenvalue weighted by molar-refractivity contribution is -0.117. The number of benzene rings is 1. The standard InChI is InChI=1S/C24H24ClN3O2/c1-13-4-9-20(26-12-13)28-24(30)21-15(3)27-18-10-14(2)11-19(29)23(18)22(21)16-5-7-17(25)8-6-16/h4-9,12,14,22,27H,10-11H2,1-3H3,(H,26,28,30)/t14-,22+/m1/s1. The Morgan fingerprint density at radius 3 is 2.53 bits per heavy atom. The second-order valence-corrected chi connectivity index (χ2v) is 8.59. The van der Waals surface area contributed by atoms with Gasteiger partial charge in [0.15, 0.2) is 5.78 Å². The van der Waals surface area contributed by atoms with E-state index in [0.717, 1.165) is 28.9 Å². The van der Waals surface area contributed by atoms with E-state index in [1.54, 1.807) is 24.4 Å². The van der Waals surface area contributed by atoms with Crippen molar-refractivity contribution in [2.75, 3.05) is 5.32 Å². The molecular formula is C24H24ClN3O2. The maximum absolute atomic E-state index is 13.4. The van der Waals surface area contributed by atoms with E-state index in [1.165, 1.54) is 0 Å². The first kappa shape index (κ1) is 20.4. The van der Waals surface area contributed by atoms with Crippen molar-refractivity contribution in [3.05, 3.63) is 81.3 Å². The maximum Gasteiger partial charge on any atom is 0.255 e. The fourth-order valence-corrected chi connectivity index (χ4v) is 4.37. The van der Waals surface area contributed by atoms with Crippen LogP contribution in [0.4, 0.5) is 5.82 Å². The zero-order chi connectivity index (χ0) is 21.4. The van der Waals surface area contributed by atoms with Crippen molar-refractivity contribution in [3.63, 3.8) is 0 Å². The van der Waals surface area contributed by atoms with Crippen molar-refractivity contribution >= 4 is 29.1 Å². The van der Waals surface area contributed by atoms with Gasteiger partial charge >= 0.3 is 0 Å². The molecule has 2 heterocycles. The van der Waals surface area contributed by atoms with Gasteiger partial charge in [-0.2, -0.15) is 0 Å². The lowest BCUT2D eigenvalue weighted by Gasteiger charge is -2.36. The smallest absolute Gasteiger partial charge is 0.255 e. The number of dihydropyridines is 1. The lowest BCUT2D eigenvalue weighted by Crippen LogP contribution is -2.37. The van der Waals surface area contributed by atoms with Crippen LogP contribution in [0.1, 0.15) is 43.7 Å². The highest BCUT2D eigenvalue weighted by atomic mass is 35.5. The predicted molar refractivity (Wildman–Crippen MR) is 118 cm³/mol. The average molecular weight is 422 g/mol. The van der Waals surface area contributed by atoms with Crippen molar-refractivity contribution in [1.29, 1.82) is 0 Å². The Kier molecular flexibility index (Phi) is 5.48. The summed E-state index contributed by atoms with van der Waals surface area (Å²) in [5.41, 5.74) is 4.77. The summed E-state index contributed by atoms with van der Waals surface area (Å²) in [6.45, 7) is 5.90. The molecule has 4 rings (SSSR count). The van der Waals surface area contributed by atoms with Crippen LogP contribution in [0.5, 0.6) is 0 Å². The molecule has 1 aromatic heterocycles. The molecular weight excluding hydrogens is 398 g/mol. The lowest BCUT2D eigenvalue weighted by atomic mass is 9.73. The summed E-state index contributed by atoms with van der Waals surface area (Å²) in [4.78, 5) is 30.7. The van der Waals surface area contributed by atoms with E-state index in [1.807, 2.05) is 32.0 Å². The summed E-state index contributed by atoms with van der Waals surface area (Å²) in [6.07, 6.45) is 2.98. The second-order valence-electron chi connectivity index (χ2n) is 8.15. The number of Topliss-reactive ketones (excluding diaryl/α,β-unsaturated/α-hetero) is 1. The molecule has 30 heavy (non-hydrogen) atoms. The summed E-state index contributed by atoms with van der Waals surface area (Å²) >= 11 is 6.09. The Labute approximate surface area is 181 Å². The number of amides is 1. The fraction of sp³-hybridized carbons (Fsp3) is 0.292. The minimum atomic E-state index is -0.441. The molecule has 0 spiro atoms. The molecule has 0 saturated carbocycles. The molecule has 1 aliphatic heterocycles. The first-order chi connectivity index (χ1) is 14.3. The van der Waals surface area contributed by atoms with Gasteiger partial charge in [0.05, 0.1) is 0 Å². The number of pyridine rings is 1. The third kappa shape index (κ3) is 3.90. The second kappa shape index (κ2) is 8.07. The van der Waals surface area contributed by atoms with Crippen LogP contribution in [0.3, 0.4) is 0 Å². The van der Waals surface area contributed by atoms with Gasteiger partial charge in [-0.05, 0) is 55.5 Å². The SMILES string of the molecule is CC1=C(C(=O)Nc2ccc(C)cn2)[C@H](c2ccc(Cl)cc2)C2=C(C[C@@H](C)CC2=O)N1. The number of nitrogens with zero attached hydrogens (tertiary/aromatic N) is 1. The quantitative estimate of drug-likeness (QED) is 0.739. The number of allylic oxidation sites excluding steroid dienone is 3. The van der Waals surface area contributed by atoms with Gasteiger partial charge in [-0.25, -0.2) is 4.98 Å². The van der Waals surface area contributed by atoms with Crippen LogP contribution >= 0.6 is 11.6 Å². The molecule has 2 N–H and O–H groups in total. The highest BCUT2D eigenvalue weighted by molar-refractivity contribution is 6.30. The predicted octanol–water partition coefficient (Wildman–Crippen LogP) is 4.90. The van der Waals surface area contributed by atoms with Crippen LogP contribution in [-0.2, 0) is 9.59 Å². The van der Waals surface area contributed by atoms with Crippen LogP contribution in [-0.4, -0.2) is 16.7 Å². The first-order valence-corrected chi connectivity index (χ1v) is 10.4. The van der Waals surface area contributed by atoms with Gasteiger partial charge in [-0.3, -0.25) is 9.59 Å². The summed E-state index contributed by atoms with van der Waals surface area (Å²) in [6, 6.07) is 11.0. The summed E-state index contributed by atoms with van der Waals surface area (Å²) in [7, 11) is 0. The molecule has 0 fully saturated rings. The highest BCUT2D eigenvalue weighted by Gasteiger charge is 2.39. The van der Waals surface area contributed by atoms with Crippen LogP contribution < -0.4 is 10.6 Å². The number of halogens is 1. The third-order valence-electron chi connectivity index (χ3n) is 5.63. The number of hydrogen-bond acceptors (Lipinski definition) is 4. The topological polar surface area (TPSA) is 71.1 Å². The van der Waals surface area contributed by atoms with Crippen LogP contribution in [0.15, 0.2) is 65.1 Å². The Morgan fingerprint density at radius 1 is 1.13 bits per heavy atom. The van der Waals surface area contributed by atoms with E-state index in [2.05, 4.69) is 22.5 Å². The zero-order valence-electron chi connectivity index (χ0n) is 17.3. The Balaban J connectivity index is 1.78. The number of nitrogens with one attached hydrogen (secondary N) is 2. The van der Waals surface area contributed by atoms with Gasteiger partial charge in [0, 0.05) is 46.1 Å². The van der Waals surface area contributed by atoms with Crippen molar-refractivity contribution < 1.29 is 9.59 Å². The van der Waals surface area contributed by atoms with Gasteiger partial charge in [0.25, 0.3) is 5.91 Å². The minimum absolute atomic E-state index is 0.0856. The minimum Gasteiger partial charge on any atom is -0.362 e. The van der Waals surface area contributed by atoms with Crippen LogP contribution in [0.2, 0.25) is 5.02 Å². The van der Waals surface area contributed by atoms with Gasteiger partial charge < -0.3 is 10.6 Å². The van der Waals surface area contributed by atoms with Crippen LogP contribution in [0.25, 0.3) is 0 Å². The van der Waals surface area contributed by atoms with E-state index in [0.29, 0.717) is 28.4 Å². The van der Waals surface area contributed by atoms with E-state index >= 15 is 0 Å². The summed E-state index contributed by atoms with van der Waals surface area (Å²) in [5.74, 6) is 0.124. The van der Waals surface area contributed by atoms with E-state index in [4.69, 9.17) is 11.6 Å². The first-order valence-electron chi connectivity index (χ1n) is 10.1. The molecule has 5 nitrogen and oxygen atoms in total. The van der Waals surface area contributed by atoms with Gasteiger partial charge in [-0.15, -0.1) is 0 Å². The molecule has 1 aliphatic carbocycles. The number of aromatic nitrogens is 1. The normalized spacial score (nSPS) is 21.3. The van der Waals surface area contributed by atoms with E-state index in [9.17, 15) is 9.59 Å². The molecule has 6 heteroatoms. The summed E-state index contributed by atoms with van der Waals surface area (Å²) < 4.78 is 0. The average Bonchev–Trinajstić information content (AvgIpc) is 2.69. The fourth-order valence-electron chi connectivity index (χ4n) is 4.25. The number of ketones is 1. The molecule has 2 atom stereocenters. The van der Waals surface area contributed by atoms with Gasteiger partial charge in [0.1, 0.15) is 5.82 Å². The third-order valence-corrected chi connectivity index (χ3v) is 5.88. The molecule has 1 aromatic carbocycles. The number of carbonyl (C=O) groups excluding carboxylic acids is 2. The Bertz CT molecular complexity index is 1070. The van der Waals surface area contributed by atoms with Crippen molar-refractivity contribution in [2.45, 2.75) is 39.5 Å². The van der Waals surface area contributed by atoms with E-state index < -0.39 is 5.92 Å². The monoisotopic (exact) mass is 421 g/mol. The molecule has 0 unspecified atom stereocenters. The van der Waals surface area contributed by atoms with Crippen molar-refractivity contribution in [3.8, 4) is 0 Å². The largest absolute Gasteiger partial charge is 0.362 e. The number of anilines is 1. The molecule has 2 aromatic rings. The molecule has 2 aliphatic rings. The molecule has 1 amide bonds. The molecule has 0 radical (unpaired) electrons. The number of hydrogen-bond donors (Lipinski definition) is 2. The highest BCUT2D eigenvalue weighted by Crippen LogP contribution is 2.43. The maximum atomic E-state index is 13.4. The van der Waals surface area contributed by atoms with Gasteiger partial charge in [0.2, 0.25) is 0 Å². The number of carbonyl (C=O) groups is 2. The Hall–Kier alpha value is -2.92. The van der Waals surface area contributed by atoms with Crippen molar-refractivity contribution in [1.82, 2.24) is 10.3 Å². The Morgan fingerprint density at radius 2 is 1.87 bits per heavy atom. The number of aryl methyl sites for hydroxylation is 1. The van der Waals surface area contributed by atoms with Crippen LogP contribution in [0, 0.1) is 12.8 Å². The molecule has 0 saturated heterocycles. The van der Waals surface area contributed by atoms with E-state index in [-0.39, 0.29) is 17.6 Å². The summed E-state index contributed by atoms with van der Waals surface area (Å²) in [5, 5.41) is 6.85.